The summed E-state index contributed by atoms with van der Waals surface area (Å²) in [6.45, 7) is 11.4. The minimum atomic E-state index is -0.261. The number of guanidine groups is 1. The number of benzene rings is 1. The van der Waals surface area contributed by atoms with Gasteiger partial charge in [-0.2, -0.15) is 0 Å². The molecule has 29 heavy (non-hydrogen) atoms. The van der Waals surface area contributed by atoms with Crippen LogP contribution in [0.5, 0.6) is 0 Å². The van der Waals surface area contributed by atoms with Crippen molar-refractivity contribution < 1.29 is 4.79 Å². The molecule has 0 bridgehead atoms. The SMILES string of the molecule is CN=C(NCc1cccc(C(=O)NC(C)(C)C)c1)NCc1nc(C(C)C)cs1.I. The summed E-state index contributed by atoms with van der Waals surface area (Å²) in [5, 5.41) is 12.7. The van der Waals surface area contributed by atoms with E-state index in [0.29, 0.717) is 30.5 Å². The summed E-state index contributed by atoms with van der Waals surface area (Å²) >= 11 is 1.65. The largest absolute Gasteiger partial charge is 0.352 e. The lowest BCUT2D eigenvalue weighted by atomic mass is 10.1. The van der Waals surface area contributed by atoms with Gasteiger partial charge in [0, 0.05) is 30.1 Å². The van der Waals surface area contributed by atoms with Gasteiger partial charge in [-0.25, -0.2) is 4.98 Å². The zero-order valence-electron chi connectivity index (χ0n) is 18.0. The van der Waals surface area contributed by atoms with Crippen LogP contribution < -0.4 is 16.0 Å². The number of aliphatic imine (C=N–C) groups is 1. The number of hydrogen-bond donors (Lipinski definition) is 3. The standard InChI is InChI=1S/C21H31N5OS.HI/c1-14(2)17-13-28-18(25-17)12-24-20(22-6)23-11-15-8-7-9-16(10-15)19(27)26-21(3,4)5;/h7-10,13-14H,11-12H2,1-6H3,(H,26,27)(H2,22,23,24);1H. The van der Waals surface area contributed by atoms with Crippen LogP contribution in [0, 0.1) is 0 Å². The number of nitrogens with one attached hydrogen (secondary N) is 3. The van der Waals surface area contributed by atoms with E-state index in [1.165, 1.54) is 0 Å². The molecule has 1 aromatic heterocycles. The predicted octanol–water partition coefficient (Wildman–Crippen LogP) is 4.28. The van der Waals surface area contributed by atoms with Crippen LogP contribution in [-0.4, -0.2) is 29.4 Å². The fraction of sp³-hybridized carbons (Fsp3) is 0.476. The first kappa shape index (κ1) is 25.4. The molecule has 0 unspecified atom stereocenters. The maximum absolute atomic E-state index is 12.3. The molecule has 0 aliphatic heterocycles. The van der Waals surface area contributed by atoms with Gasteiger partial charge >= 0.3 is 0 Å². The predicted molar refractivity (Wildman–Crippen MR) is 132 cm³/mol. The van der Waals surface area contributed by atoms with Crippen LogP contribution in [0.3, 0.4) is 0 Å². The number of rotatable bonds is 6. The molecule has 0 aliphatic rings. The van der Waals surface area contributed by atoms with Gasteiger partial charge in [-0.1, -0.05) is 26.0 Å². The second-order valence-electron chi connectivity index (χ2n) is 8.00. The molecule has 1 aromatic carbocycles. The monoisotopic (exact) mass is 529 g/mol. The molecule has 0 saturated carbocycles. The van der Waals surface area contributed by atoms with E-state index in [4.69, 9.17) is 0 Å². The van der Waals surface area contributed by atoms with E-state index in [1.807, 2.05) is 45.0 Å². The summed E-state index contributed by atoms with van der Waals surface area (Å²) in [4.78, 5) is 21.2. The molecular weight excluding hydrogens is 497 g/mol. The van der Waals surface area contributed by atoms with Crippen LogP contribution in [0.4, 0.5) is 0 Å². The molecule has 2 rings (SSSR count). The Morgan fingerprint density at radius 2 is 1.90 bits per heavy atom. The minimum Gasteiger partial charge on any atom is -0.352 e. The maximum Gasteiger partial charge on any atom is 0.251 e. The van der Waals surface area contributed by atoms with E-state index in [9.17, 15) is 4.79 Å². The van der Waals surface area contributed by atoms with Crippen molar-refractivity contribution in [3.63, 3.8) is 0 Å². The van der Waals surface area contributed by atoms with Crippen LogP contribution in [0.15, 0.2) is 34.6 Å². The van der Waals surface area contributed by atoms with Crippen molar-refractivity contribution in [2.45, 2.75) is 59.2 Å². The fourth-order valence-electron chi connectivity index (χ4n) is 2.47. The molecule has 1 heterocycles. The van der Waals surface area contributed by atoms with Crippen LogP contribution >= 0.6 is 35.3 Å². The first-order valence-corrected chi connectivity index (χ1v) is 10.4. The summed E-state index contributed by atoms with van der Waals surface area (Å²) in [5.74, 6) is 1.07. The van der Waals surface area contributed by atoms with Gasteiger partial charge in [0.05, 0.1) is 12.2 Å². The number of halogens is 1. The Kier molecular flexibility index (Phi) is 10.0. The molecule has 3 N–H and O–H groups in total. The number of hydrogen-bond acceptors (Lipinski definition) is 4. The summed E-state index contributed by atoms with van der Waals surface area (Å²) in [6, 6.07) is 7.61. The van der Waals surface area contributed by atoms with Gasteiger partial charge in [-0.3, -0.25) is 9.79 Å². The smallest absolute Gasteiger partial charge is 0.251 e. The minimum absolute atomic E-state index is 0. The fourth-order valence-corrected chi connectivity index (χ4v) is 3.37. The van der Waals surface area contributed by atoms with E-state index < -0.39 is 0 Å². The zero-order valence-corrected chi connectivity index (χ0v) is 21.1. The molecule has 8 heteroatoms. The van der Waals surface area contributed by atoms with Gasteiger partial charge in [-0.05, 0) is 44.4 Å². The summed E-state index contributed by atoms with van der Waals surface area (Å²) in [5.41, 5.74) is 2.53. The summed E-state index contributed by atoms with van der Waals surface area (Å²) in [6.07, 6.45) is 0. The number of amides is 1. The summed E-state index contributed by atoms with van der Waals surface area (Å²) < 4.78 is 0. The molecule has 0 fully saturated rings. The van der Waals surface area contributed by atoms with Crippen molar-refractivity contribution in [1.82, 2.24) is 20.9 Å². The molecule has 0 saturated heterocycles. The molecule has 0 atom stereocenters. The highest BCUT2D eigenvalue weighted by molar-refractivity contribution is 14.0. The molecule has 1 amide bonds. The second kappa shape index (κ2) is 11.5. The van der Waals surface area contributed by atoms with Crippen molar-refractivity contribution >= 4 is 47.2 Å². The third-order valence-corrected chi connectivity index (χ3v) is 4.80. The Hall–Kier alpha value is -1.68. The van der Waals surface area contributed by atoms with Gasteiger partial charge in [0.15, 0.2) is 5.96 Å². The zero-order chi connectivity index (χ0) is 20.7. The van der Waals surface area contributed by atoms with Gasteiger partial charge in [0.1, 0.15) is 5.01 Å². The Bertz CT molecular complexity index is 826. The highest BCUT2D eigenvalue weighted by Gasteiger charge is 2.15. The van der Waals surface area contributed by atoms with Crippen molar-refractivity contribution in [3.05, 3.63) is 51.5 Å². The second-order valence-corrected chi connectivity index (χ2v) is 8.95. The van der Waals surface area contributed by atoms with Gasteiger partial charge in [0.25, 0.3) is 5.91 Å². The molecule has 160 valence electrons. The topological polar surface area (TPSA) is 78.4 Å². The molecule has 0 aliphatic carbocycles. The number of thiazole rings is 1. The maximum atomic E-state index is 12.3. The number of aromatic nitrogens is 1. The lowest BCUT2D eigenvalue weighted by Crippen LogP contribution is -2.40. The normalized spacial score (nSPS) is 11.8. The quantitative estimate of drug-likeness (QED) is 0.297. The van der Waals surface area contributed by atoms with Gasteiger partial charge < -0.3 is 16.0 Å². The first-order valence-electron chi connectivity index (χ1n) is 9.48. The highest BCUT2D eigenvalue weighted by atomic mass is 127. The molecule has 0 radical (unpaired) electrons. The van der Waals surface area contributed by atoms with Crippen molar-refractivity contribution in [1.29, 1.82) is 0 Å². The van der Waals surface area contributed by atoms with E-state index in [0.717, 1.165) is 16.3 Å². The van der Waals surface area contributed by atoms with Crippen LogP contribution in [0.2, 0.25) is 0 Å². The van der Waals surface area contributed by atoms with Crippen LogP contribution in [-0.2, 0) is 13.1 Å². The Balaban J connectivity index is 0.00000420. The van der Waals surface area contributed by atoms with Crippen molar-refractivity contribution in [3.8, 4) is 0 Å². The Labute approximate surface area is 195 Å². The van der Waals surface area contributed by atoms with E-state index in [2.05, 4.69) is 45.2 Å². The molecule has 6 nitrogen and oxygen atoms in total. The van der Waals surface area contributed by atoms with Crippen molar-refractivity contribution in [2.24, 2.45) is 4.99 Å². The molecular formula is C21H32IN5OS. The Morgan fingerprint density at radius 3 is 2.48 bits per heavy atom. The van der Waals surface area contributed by atoms with E-state index in [1.54, 1.807) is 18.4 Å². The number of nitrogens with zero attached hydrogens (tertiary/aromatic N) is 2. The first-order chi connectivity index (χ1) is 13.2. The number of carbonyl (C=O) groups is 1. The third kappa shape index (κ3) is 8.69. The average molecular weight is 529 g/mol. The third-order valence-electron chi connectivity index (χ3n) is 3.93. The van der Waals surface area contributed by atoms with Crippen molar-refractivity contribution in [2.75, 3.05) is 7.05 Å². The Morgan fingerprint density at radius 1 is 1.21 bits per heavy atom. The number of carbonyl (C=O) groups excluding carboxylic acids is 1. The van der Waals surface area contributed by atoms with Crippen LogP contribution in [0.25, 0.3) is 0 Å². The molecule has 0 spiro atoms. The lowest BCUT2D eigenvalue weighted by Gasteiger charge is -2.20. The van der Waals surface area contributed by atoms with E-state index >= 15 is 0 Å². The molecule has 2 aromatic rings. The average Bonchev–Trinajstić information content (AvgIpc) is 3.10. The summed E-state index contributed by atoms with van der Waals surface area (Å²) in [7, 11) is 1.74. The van der Waals surface area contributed by atoms with E-state index in [-0.39, 0.29) is 35.4 Å². The highest BCUT2D eigenvalue weighted by Crippen LogP contribution is 2.17. The van der Waals surface area contributed by atoms with Crippen LogP contribution in [0.1, 0.15) is 67.2 Å². The van der Waals surface area contributed by atoms with Gasteiger partial charge in [-0.15, -0.1) is 35.3 Å². The lowest BCUT2D eigenvalue weighted by molar-refractivity contribution is 0.0919. The van der Waals surface area contributed by atoms with Gasteiger partial charge in [0.2, 0.25) is 0 Å².